The van der Waals surface area contributed by atoms with Crippen LogP contribution in [0.2, 0.25) is 0 Å². The molecule has 0 bridgehead atoms. The lowest BCUT2D eigenvalue weighted by molar-refractivity contribution is -0.141. The van der Waals surface area contributed by atoms with Crippen LogP contribution in [0.25, 0.3) is 0 Å². The van der Waals surface area contributed by atoms with Crippen LogP contribution in [0.1, 0.15) is 28.7 Å². The minimum atomic E-state index is -0.483. The number of carbonyl (C=O) groups is 1. The summed E-state index contributed by atoms with van der Waals surface area (Å²) in [5, 5.41) is 14.1. The van der Waals surface area contributed by atoms with E-state index in [-0.39, 0.29) is 66.9 Å². The summed E-state index contributed by atoms with van der Waals surface area (Å²) in [6.45, 7) is 0.404. The SMILES string of the molecule is COc1cc(C2c3cc4c(cc3C(Nc3ccc(N)cc3)C3COC(=O)C23)OCO4)cc(OC)c1O.Cl. The normalized spacial score (nSPS) is 22.8. The molecular weight excluding hydrogens is 500 g/mol. The largest absolute Gasteiger partial charge is 0.502 e. The van der Waals surface area contributed by atoms with E-state index in [4.69, 9.17) is 29.4 Å². The number of phenolic OH excluding ortho intramolecular Hbond substituents is 1. The molecule has 3 aromatic carbocycles. The van der Waals surface area contributed by atoms with Gasteiger partial charge in [-0.2, -0.15) is 0 Å². The summed E-state index contributed by atoms with van der Waals surface area (Å²) in [7, 11) is 2.95. The smallest absolute Gasteiger partial charge is 0.310 e. The Bertz CT molecular complexity index is 1320. The van der Waals surface area contributed by atoms with Crippen LogP contribution < -0.4 is 30.0 Å². The zero-order valence-electron chi connectivity index (χ0n) is 20.2. The van der Waals surface area contributed by atoms with Gasteiger partial charge in [0.15, 0.2) is 23.0 Å². The number of halogens is 1. The predicted molar refractivity (Wildman–Crippen MR) is 138 cm³/mol. The first-order valence-electron chi connectivity index (χ1n) is 11.7. The van der Waals surface area contributed by atoms with Crippen LogP contribution in [-0.2, 0) is 9.53 Å². The lowest BCUT2D eigenvalue weighted by Crippen LogP contribution is -2.37. The maximum atomic E-state index is 13.2. The van der Waals surface area contributed by atoms with Crippen molar-refractivity contribution in [2.75, 3.05) is 38.7 Å². The number of nitrogens with two attached hydrogens (primary N) is 1. The van der Waals surface area contributed by atoms with E-state index >= 15 is 0 Å². The van der Waals surface area contributed by atoms with Gasteiger partial charge in [-0.25, -0.2) is 0 Å². The zero-order valence-corrected chi connectivity index (χ0v) is 21.0. The Morgan fingerprint density at radius 2 is 1.57 bits per heavy atom. The quantitative estimate of drug-likeness (QED) is 0.331. The molecule has 9 nitrogen and oxygen atoms in total. The molecule has 3 aromatic rings. The summed E-state index contributed by atoms with van der Waals surface area (Å²) in [5.41, 5.74) is 10.1. The first-order valence-corrected chi connectivity index (χ1v) is 11.7. The van der Waals surface area contributed by atoms with Gasteiger partial charge in [-0.3, -0.25) is 4.79 Å². The molecule has 2 aliphatic heterocycles. The van der Waals surface area contributed by atoms with Gasteiger partial charge in [-0.05, 0) is 65.2 Å². The molecule has 4 unspecified atom stereocenters. The lowest BCUT2D eigenvalue weighted by Gasteiger charge is -2.40. The highest BCUT2D eigenvalue weighted by atomic mass is 35.5. The number of anilines is 2. The molecule has 1 aliphatic carbocycles. The molecule has 1 saturated heterocycles. The molecule has 4 atom stereocenters. The summed E-state index contributed by atoms with van der Waals surface area (Å²) in [6.07, 6.45) is 0. The van der Waals surface area contributed by atoms with E-state index in [0.717, 1.165) is 22.4 Å². The molecule has 6 rings (SSSR count). The predicted octanol–water partition coefficient (Wildman–Crippen LogP) is 4.23. The van der Waals surface area contributed by atoms with Crippen molar-refractivity contribution >= 4 is 29.8 Å². The van der Waals surface area contributed by atoms with Gasteiger partial charge in [-0.1, -0.05) is 0 Å². The van der Waals surface area contributed by atoms with E-state index in [9.17, 15) is 9.90 Å². The highest BCUT2D eigenvalue weighted by Crippen LogP contribution is 2.56. The van der Waals surface area contributed by atoms with Gasteiger partial charge in [0.25, 0.3) is 0 Å². The number of nitrogens with one attached hydrogen (secondary N) is 1. The Hall–Kier alpha value is -3.98. The molecule has 2 heterocycles. The van der Waals surface area contributed by atoms with Crippen molar-refractivity contribution in [1.82, 2.24) is 0 Å². The molecule has 0 spiro atoms. The van der Waals surface area contributed by atoms with Gasteiger partial charge < -0.3 is 39.8 Å². The van der Waals surface area contributed by atoms with Crippen molar-refractivity contribution in [2.45, 2.75) is 12.0 Å². The van der Waals surface area contributed by atoms with Crippen LogP contribution in [0.3, 0.4) is 0 Å². The molecular formula is C27H27ClN2O7. The Labute approximate surface area is 219 Å². The maximum absolute atomic E-state index is 13.2. The van der Waals surface area contributed by atoms with E-state index in [2.05, 4.69) is 5.32 Å². The summed E-state index contributed by atoms with van der Waals surface area (Å²) in [5.74, 6) is 0.383. The van der Waals surface area contributed by atoms with Crippen molar-refractivity contribution in [3.8, 4) is 28.7 Å². The van der Waals surface area contributed by atoms with E-state index in [0.29, 0.717) is 17.2 Å². The number of rotatable bonds is 5. The number of cyclic esters (lactones) is 1. The Balaban J connectivity index is 0.00000280. The van der Waals surface area contributed by atoms with Crippen molar-refractivity contribution in [3.63, 3.8) is 0 Å². The third-order valence-electron chi connectivity index (χ3n) is 7.28. The number of carbonyl (C=O) groups excluding carboxylic acids is 1. The standard InChI is InChI=1S/C27H26N2O7.ClH/c1-32-21-7-13(8-22(33-2)26(21)30)23-16-9-19-20(36-12-35-19)10-17(16)25(18-11-34-27(31)24(18)23)29-15-5-3-14(28)4-6-15;/h3-10,18,23-25,29-30H,11-12,28H2,1-2H3;1H. The van der Waals surface area contributed by atoms with Crippen LogP contribution in [0, 0.1) is 11.8 Å². The van der Waals surface area contributed by atoms with Gasteiger partial charge >= 0.3 is 5.97 Å². The summed E-state index contributed by atoms with van der Waals surface area (Å²) in [6, 6.07) is 14.7. The number of nitrogen functional groups attached to an aromatic ring is 1. The fraction of sp³-hybridized carbons (Fsp3) is 0.296. The third kappa shape index (κ3) is 3.99. The van der Waals surface area contributed by atoms with Crippen molar-refractivity contribution in [3.05, 3.63) is 65.2 Å². The lowest BCUT2D eigenvalue weighted by atomic mass is 9.65. The van der Waals surface area contributed by atoms with E-state index in [1.54, 1.807) is 12.1 Å². The fourth-order valence-corrected chi connectivity index (χ4v) is 5.60. The molecule has 194 valence electrons. The molecule has 4 N–H and O–H groups in total. The fourth-order valence-electron chi connectivity index (χ4n) is 5.60. The molecule has 0 saturated carbocycles. The highest BCUT2D eigenvalue weighted by molar-refractivity contribution is 5.85. The third-order valence-corrected chi connectivity index (χ3v) is 7.28. The second-order valence-electron chi connectivity index (χ2n) is 9.15. The number of hydrogen-bond acceptors (Lipinski definition) is 9. The van der Waals surface area contributed by atoms with Gasteiger partial charge in [0.1, 0.15) is 0 Å². The first-order chi connectivity index (χ1) is 17.5. The number of ether oxygens (including phenoxy) is 5. The van der Waals surface area contributed by atoms with Gasteiger partial charge in [0, 0.05) is 23.2 Å². The number of benzene rings is 3. The number of fused-ring (bicyclic) bond motifs is 3. The number of hydrogen-bond donors (Lipinski definition) is 3. The molecule has 0 amide bonds. The molecule has 0 aromatic heterocycles. The second-order valence-corrected chi connectivity index (χ2v) is 9.15. The second kappa shape index (κ2) is 9.48. The van der Waals surface area contributed by atoms with E-state index < -0.39 is 5.92 Å². The maximum Gasteiger partial charge on any atom is 0.310 e. The topological polar surface area (TPSA) is 122 Å². The van der Waals surface area contributed by atoms with Crippen LogP contribution in [-0.4, -0.2) is 38.7 Å². The average molecular weight is 527 g/mol. The Morgan fingerprint density at radius 1 is 0.946 bits per heavy atom. The van der Waals surface area contributed by atoms with Gasteiger partial charge in [-0.15, -0.1) is 12.4 Å². The molecule has 37 heavy (non-hydrogen) atoms. The average Bonchev–Trinajstić information content (AvgIpc) is 3.51. The number of aromatic hydroxyl groups is 1. The van der Waals surface area contributed by atoms with Crippen LogP contribution in [0.5, 0.6) is 28.7 Å². The van der Waals surface area contributed by atoms with Crippen molar-refractivity contribution < 1.29 is 33.6 Å². The molecule has 3 aliphatic rings. The molecule has 1 fully saturated rings. The highest BCUT2D eigenvalue weighted by Gasteiger charge is 2.52. The Morgan fingerprint density at radius 3 is 2.19 bits per heavy atom. The summed E-state index contributed by atoms with van der Waals surface area (Å²) in [4.78, 5) is 13.2. The summed E-state index contributed by atoms with van der Waals surface area (Å²) >= 11 is 0. The number of methoxy groups -OCH3 is 2. The summed E-state index contributed by atoms with van der Waals surface area (Å²) < 4.78 is 27.9. The van der Waals surface area contributed by atoms with Crippen molar-refractivity contribution in [2.24, 2.45) is 11.8 Å². The Kier molecular flexibility index (Phi) is 6.33. The minimum absolute atomic E-state index is 0. The van der Waals surface area contributed by atoms with Crippen LogP contribution in [0.4, 0.5) is 11.4 Å². The van der Waals surface area contributed by atoms with Gasteiger partial charge in [0.2, 0.25) is 12.5 Å². The van der Waals surface area contributed by atoms with Crippen molar-refractivity contribution in [1.29, 1.82) is 0 Å². The first kappa shape index (κ1) is 24.7. The minimum Gasteiger partial charge on any atom is -0.502 e. The number of phenols is 1. The number of esters is 1. The molecule has 0 radical (unpaired) electrons. The van der Waals surface area contributed by atoms with E-state index in [1.165, 1.54) is 14.2 Å². The monoisotopic (exact) mass is 526 g/mol. The van der Waals surface area contributed by atoms with Crippen LogP contribution >= 0.6 is 12.4 Å². The van der Waals surface area contributed by atoms with E-state index in [1.807, 2.05) is 36.4 Å². The van der Waals surface area contributed by atoms with Gasteiger partial charge in [0.05, 0.1) is 32.8 Å². The van der Waals surface area contributed by atoms with Crippen LogP contribution in [0.15, 0.2) is 48.5 Å². The zero-order chi connectivity index (χ0) is 25.0. The molecule has 10 heteroatoms.